The van der Waals surface area contributed by atoms with Crippen LogP contribution in [0, 0.1) is 5.82 Å². The maximum Gasteiger partial charge on any atom is 0.408 e. The van der Waals surface area contributed by atoms with E-state index in [2.05, 4.69) is 10.6 Å². The van der Waals surface area contributed by atoms with Crippen LogP contribution in [0.4, 0.5) is 13.6 Å². The summed E-state index contributed by atoms with van der Waals surface area (Å²) < 4.78 is 31.7. The Morgan fingerprint density at radius 2 is 1.81 bits per heavy atom. The minimum Gasteiger partial charge on any atom is -0.444 e. The van der Waals surface area contributed by atoms with Crippen molar-refractivity contribution in [3.8, 4) is 0 Å². The molecule has 0 aliphatic carbocycles. The molecule has 2 aliphatic rings. The lowest BCUT2D eigenvalue weighted by Gasteiger charge is -2.38. The van der Waals surface area contributed by atoms with E-state index in [9.17, 15) is 28.0 Å². The number of hydrogen-bond donors (Lipinski definition) is 2. The quantitative estimate of drug-likeness (QED) is 0.635. The van der Waals surface area contributed by atoms with Crippen LogP contribution in [0.1, 0.15) is 58.6 Å². The maximum atomic E-state index is 13.6. The van der Waals surface area contributed by atoms with Crippen molar-refractivity contribution in [2.75, 3.05) is 19.8 Å². The molecule has 2 heterocycles. The van der Waals surface area contributed by atoms with Gasteiger partial charge in [0.2, 0.25) is 11.8 Å². The van der Waals surface area contributed by atoms with Crippen molar-refractivity contribution >= 4 is 23.8 Å². The molecule has 1 aromatic carbocycles. The SMILES string of the molecule is C[C@H](NC(=O)[C@@H]1CC[C@@H]2CCN(C(=O)CF)C[C@H](NC(=O)OC(C)(C)C)C(=O)N21)c1ccc(F)cc1. The summed E-state index contributed by atoms with van der Waals surface area (Å²) in [6.45, 7) is 5.52. The van der Waals surface area contributed by atoms with Crippen molar-refractivity contribution in [3.63, 3.8) is 0 Å². The predicted molar refractivity (Wildman–Crippen MR) is 127 cm³/mol. The van der Waals surface area contributed by atoms with E-state index in [4.69, 9.17) is 4.74 Å². The Bertz CT molecular complexity index is 982. The minimum absolute atomic E-state index is 0.185. The molecule has 4 amide bonds. The molecular weight excluding hydrogens is 474 g/mol. The lowest BCUT2D eigenvalue weighted by molar-refractivity contribution is -0.145. The first-order chi connectivity index (χ1) is 16.9. The third-order valence-electron chi connectivity index (χ3n) is 6.38. The lowest BCUT2D eigenvalue weighted by Crippen LogP contribution is -2.61. The monoisotopic (exact) mass is 508 g/mol. The second-order valence-corrected chi connectivity index (χ2v) is 10.2. The number of carbonyl (C=O) groups is 4. The molecule has 2 fully saturated rings. The summed E-state index contributed by atoms with van der Waals surface area (Å²) >= 11 is 0. The molecule has 0 aromatic heterocycles. The fourth-order valence-electron chi connectivity index (χ4n) is 4.64. The third-order valence-corrected chi connectivity index (χ3v) is 6.38. The molecule has 2 N–H and O–H groups in total. The number of fused-ring (bicyclic) bond motifs is 1. The van der Waals surface area contributed by atoms with E-state index in [0.29, 0.717) is 24.8 Å². The molecule has 0 unspecified atom stereocenters. The number of amides is 4. The topological polar surface area (TPSA) is 108 Å². The van der Waals surface area contributed by atoms with Crippen LogP contribution >= 0.6 is 0 Å². The highest BCUT2D eigenvalue weighted by atomic mass is 19.1. The number of rotatable bonds is 5. The third kappa shape index (κ3) is 6.70. The molecule has 0 spiro atoms. The van der Waals surface area contributed by atoms with Gasteiger partial charge < -0.3 is 25.2 Å². The highest BCUT2D eigenvalue weighted by Gasteiger charge is 2.45. The molecule has 0 bridgehead atoms. The van der Waals surface area contributed by atoms with Gasteiger partial charge in [-0.1, -0.05) is 12.1 Å². The Hall–Kier alpha value is -3.24. The van der Waals surface area contributed by atoms with Crippen molar-refractivity contribution in [2.45, 2.75) is 76.7 Å². The molecular formula is C25H34F2N4O5. The van der Waals surface area contributed by atoms with E-state index in [-0.39, 0.29) is 30.9 Å². The first-order valence-electron chi connectivity index (χ1n) is 12.1. The Labute approximate surface area is 209 Å². The molecule has 2 saturated heterocycles. The van der Waals surface area contributed by atoms with E-state index in [0.717, 1.165) is 0 Å². The van der Waals surface area contributed by atoms with Gasteiger partial charge in [-0.25, -0.2) is 13.6 Å². The normalized spacial score (nSPS) is 23.3. The molecule has 198 valence electrons. The highest BCUT2D eigenvalue weighted by Crippen LogP contribution is 2.30. The molecule has 2 aliphatic heterocycles. The molecule has 36 heavy (non-hydrogen) atoms. The maximum absolute atomic E-state index is 13.6. The van der Waals surface area contributed by atoms with Crippen molar-refractivity contribution in [2.24, 2.45) is 0 Å². The Morgan fingerprint density at radius 3 is 2.42 bits per heavy atom. The van der Waals surface area contributed by atoms with Crippen LogP contribution in [-0.4, -0.2) is 77.1 Å². The van der Waals surface area contributed by atoms with Gasteiger partial charge in [-0.2, -0.15) is 0 Å². The number of hydrogen-bond acceptors (Lipinski definition) is 5. The zero-order valence-electron chi connectivity index (χ0n) is 21.1. The van der Waals surface area contributed by atoms with E-state index in [1.165, 1.54) is 21.9 Å². The summed E-state index contributed by atoms with van der Waals surface area (Å²) in [4.78, 5) is 54.2. The second-order valence-electron chi connectivity index (χ2n) is 10.2. The number of nitrogens with zero attached hydrogens (tertiary/aromatic N) is 2. The molecule has 0 radical (unpaired) electrons. The molecule has 4 atom stereocenters. The zero-order valence-corrected chi connectivity index (χ0v) is 21.1. The Balaban J connectivity index is 1.80. The predicted octanol–water partition coefficient (Wildman–Crippen LogP) is 2.46. The Morgan fingerprint density at radius 1 is 1.14 bits per heavy atom. The summed E-state index contributed by atoms with van der Waals surface area (Å²) in [5, 5.41) is 5.40. The number of ether oxygens (including phenoxy) is 1. The van der Waals surface area contributed by atoms with E-state index >= 15 is 0 Å². The first kappa shape index (κ1) is 27.3. The van der Waals surface area contributed by atoms with Crippen LogP contribution in [0.25, 0.3) is 0 Å². The van der Waals surface area contributed by atoms with Gasteiger partial charge in [0, 0.05) is 12.6 Å². The largest absolute Gasteiger partial charge is 0.444 e. The van der Waals surface area contributed by atoms with Crippen molar-refractivity contribution in [1.82, 2.24) is 20.4 Å². The van der Waals surface area contributed by atoms with Gasteiger partial charge in [-0.15, -0.1) is 0 Å². The first-order valence-corrected chi connectivity index (χ1v) is 12.1. The van der Waals surface area contributed by atoms with Crippen LogP contribution in [0.15, 0.2) is 24.3 Å². The summed E-state index contributed by atoms with van der Waals surface area (Å²) in [6.07, 6.45) is 0.449. The standard InChI is InChI=1S/C25H34F2N4O5/c1-15(16-5-7-17(27)8-6-16)28-22(33)20-10-9-18-11-12-30(21(32)13-26)14-19(23(34)31(18)20)29-24(35)36-25(2,3)4/h5-8,15,18-20H,9-14H2,1-4H3,(H,28,33)(H,29,35)/t15-,18+,19-,20-/m0/s1. The van der Waals surface area contributed by atoms with E-state index in [1.807, 2.05) is 0 Å². The second kappa shape index (κ2) is 11.2. The van der Waals surface area contributed by atoms with Crippen molar-refractivity contribution in [3.05, 3.63) is 35.6 Å². The van der Waals surface area contributed by atoms with E-state index in [1.54, 1.807) is 39.8 Å². The van der Waals surface area contributed by atoms with Crippen LogP contribution in [0.3, 0.4) is 0 Å². The molecule has 9 nitrogen and oxygen atoms in total. The van der Waals surface area contributed by atoms with Gasteiger partial charge >= 0.3 is 6.09 Å². The summed E-state index contributed by atoms with van der Waals surface area (Å²) in [5.41, 5.74) is -0.110. The smallest absolute Gasteiger partial charge is 0.408 e. The van der Waals surface area contributed by atoms with Gasteiger partial charge in [0.25, 0.3) is 5.91 Å². The average molecular weight is 509 g/mol. The van der Waals surface area contributed by atoms with Crippen LogP contribution in [0.2, 0.25) is 0 Å². The van der Waals surface area contributed by atoms with Crippen LogP contribution < -0.4 is 10.6 Å². The van der Waals surface area contributed by atoms with Gasteiger partial charge in [0.15, 0.2) is 6.67 Å². The lowest BCUT2D eigenvalue weighted by atomic mass is 10.1. The Kier molecular flexibility index (Phi) is 8.52. The highest BCUT2D eigenvalue weighted by molar-refractivity contribution is 5.93. The molecule has 0 saturated carbocycles. The summed E-state index contributed by atoms with van der Waals surface area (Å²) in [5.74, 6) is -2.05. The summed E-state index contributed by atoms with van der Waals surface area (Å²) in [7, 11) is 0. The van der Waals surface area contributed by atoms with Gasteiger partial charge in [0.05, 0.1) is 12.6 Å². The van der Waals surface area contributed by atoms with Crippen LogP contribution in [0.5, 0.6) is 0 Å². The molecule has 11 heteroatoms. The van der Waals surface area contributed by atoms with Gasteiger partial charge in [0.1, 0.15) is 23.5 Å². The fraction of sp³-hybridized carbons (Fsp3) is 0.600. The minimum atomic E-state index is -1.21. The molecule has 1 aromatic rings. The molecule has 3 rings (SSSR count). The average Bonchev–Trinajstić information content (AvgIpc) is 3.21. The number of carbonyl (C=O) groups excluding carboxylic acids is 4. The van der Waals surface area contributed by atoms with Crippen molar-refractivity contribution < 1.29 is 32.7 Å². The van der Waals surface area contributed by atoms with Gasteiger partial charge in [-0.3, -0.25) is 14.4 Å². The van der Waals surface area contributed by atoms with Crippen molar-refractivity contribution in [1.29, 1.82) is 0 Å². The number of nitrogens with one attached hydrogen (secondary N) is 2. The number of alkyl halides is 1. The fourth-order valence-corrected chi connectivity index (χ4v) is 4.64. The van der Waals surface area contributed by atoms with E-state index < -0.39 is 48.3 Å². The van der Waals surface area contributed by atoms with Crippen LogP contribution in [-0.2, 0) is 19.1 Å². The number of benzene rings is 1. The number of halogens is 2. The zero-order chi connectivity index (χ0) is 26.6. The van der Waals surface area contributed by atoms with Gasteiger partial charge in [-0.05, 0) is 64.7 Å². The summed E-state index contributed by atoms with van der Waals surface area (Å²) in [6, 6.07) is 3.01. The number of alkyl carbamates (subject to hydrolysis) is 1.